The molecule has 0 unspecified atom stereocenters. The van der Waals surface area contributed by atoms with E-state index in [-0.39, 0.29) is 34.6 Å². The average Bonchev–Trinajstić information content (AvgIpc) is 3.44. The van der Waals surface area contributed by atoms with Crippen molar-refractivity contribution in [3.8, 4) is 11.5 Å². The molecule has 10 nitrogen and oxygen atoms in total. The molecule has 34 heavy (non-hydrogen) atoms. The van der Waals surface area contributed by atoms with Gasteiger partial charge in [0.15, 0.2) is 0 Å². The van der Waals surface area contributed by atoms with Gasteiger partial charge in [0.05, 0.1) is 34.8 Å². The maximum absolute atomic E-state index is 12.9. The molecular weight excluding hydrogens is 454 g/mol. The van der Waals surface area contributed by atoms with Crippen molar-refractivity contribution in [1.29, 1.82) is 0 Å². The quantitative estimate of drug-likeness (QED) is 0.403. The minimum Gasteiger partial charge on any atom is -0.324 e. The molecule has 0 radical (unpaired) electrons. The van der Waals surface area contributed by atoms with E-state index in [0.717, 1.165) is 11.8 Å². The molecule has 1 aromatic carbocycles. The third-order valence-corrected chi connectivity index (χ3v) is 6.02. The number of anilines is 2. The lowest BCUT2D eigenvalue weighted by Crippen LogP contribution is -2.24. The molecule has 0 fully saturated rings. The summed E-state index contributed by atoms with van der Waals surface area (Å²) < 4.78 is 4.95. The third kappa shape index (κ3) is 5.09. The van der Waals surface area contributed by atoms with E-state index in [1.807, 2.05) is 30.3 Å². The predicted octanol–water partition coefficient (Wildman–Crippen LogP) is 2.38. The van der Waals surface area contributed by atoms with Gasteiger partial charge in [-0.05, 0) is 31.2 Å². The van der Waals surface area contributed by atoms with Crippen molar-refractivity contribution in [3.63, 3.8) is 0 Å². The number of hydrogen-bond acceptors (Lipinski definition) is 6. The number of benzene rings is 1. The van der Waals surface area contributed by atoms with E-state index < -0.39 is 0 Å². The topological polar surface area (TPSA) is 116 Å². The van der Waals surface area contributed by atoms with Crippen LogP contribution >= 0.6 is 11.8 Å². The first-order chi connectivity index (χ1) is 16.4. The number of carbonyl (C=O) groups excluding carboxylic acids is 2. The molecule has 0 atom stereocenters. The highest BCUT2D eigenvalue weighted by Gasteiger charge is 2.18. The van der Waals surface area contributed by atoms with Gasteiger partial charge >= 0.3 is 0 Å². The van der Waals surface area contributed by atoms with Gasteiger partial charge in [0.2, 0.25) is 11.8 Å². The Morgan fingerprint density at radius 3 is 2.41 bits per heavy atom. The van der Waals surface area contributed by atoms with Crippen molar-refractivity contribution in [2.45, 2.75) is 6.92 Å². The number of rotatable bonds is 8. The lowest BCUT2D eigenvalue weighted by molar-refractivity contribution is -0.114. The van der Waals surface area contributed by atoms with Crippen molar-refractivity contribution in [1.82, 2.24) is 23.9 Å². The smallest absolute Gasteiger partial charge is 0.295 e. The monoisotopic (exact) mass is 477 g/mol. The van der Waals surface area contributed by atoms with Crippen LogP contribution in [0.3, 0.4) is 0 Å². The minimum absolute atomic E-state index is 0.0321. The van der Waals surface area contributed by atoms with Gasteiger partial charge in [0.1, 0.15) is 17.8 Å². The van der Waals surface area contributed by atoms with Crippen molar-refractivity contribution < 1.29 is 9.59 Å². The summed E-state index contributed by atoms with van der Waals surface area (Å²) in [6, 6.07) is 12.7. The lowest BCUT2D eigenvalue weighted by Gasteiger charge is -2.07. The Balaban J connectivity index is 1.29. The van der Waals surface area contributed by atoms with Crippen molar-refractivity contribution in [2.24, 2.45) is 7.05 Å². The highest BCUT2D eigenvalue weighted by atomic mass is 32.2. The van der Waals surface area contributed by atoms with E-state index in [4.69, 9.17) is 0 Å². The van der Waals surface area contributed by atoms with Crippen LogP contribution in [0.2, 0.25) is 0 Å². The van der Waals surface area contributed by atoms with Crippen molar-refractivity contribution in [3.05, 3.63) is 83.4 Å². The first-order valence-corrected chi connectivity index (χ1v) is 11.6. The van der Waals surface area contributed by atoms with Gasteiger partial charge in [-0.3, -0.25) is 23.6 Å². The van der Waals surface area contributed by atoms with Crippen LogP contribution < -0.4 is 16.2 Å². The second kappa shape index (κ2) is 10.2. The van der Waals surface area contributed by atoms with Crippen LogP contribution in [0.15, 0.2) is 72.2 Å². The fourth-order valence-electron chi connectivity index (χ4n) is 3.33. The maximum atomic E-state index is 12.9. The summed E-state index contributed by atoms with van der Waals surface area (Å²) in [7, 11) is 1.76. The number of carbonyl (C=O) groups is 2. The average molecular weight is 478 g/mol. The van der Waals surface area contributed by atoms with E-state index in [9.17, 15) is 14.4 Å². The maximum Gasteiger partial charge on any atom is 0.295 e. The number of pyridine rings is 1. The molecule has 2 N–H and O–H groups in total. The summed E-state index contributed by atoms with van der Waals surface area (Å²) in [5, 5.41) is 5.44. The molecule has 174 valence electrons. The number of thioether (sulfide) groups is 1. The molecule has 4 aromatic rings. The molecule has 0 spiro atoms. The van der Waals surface area contributed by atoms with Crippen LogP contribution in [0, 0.1) is 6.92 Å². The zero-order chi connectivity index (χ0) is 24.1. The fourth-order valence-corrected chi connectivity index (χ4v) is 3.95. The Morgan fingerprint density at radius 2 is 1.76 bits per heavy atom. The van der Waals surface area contributed by atoms with Gasteiger partial charge in [-0.2, -0.15) is 0 Å². The van der Waals surface area contributed by atoms with Crippen LogP contribution in [-0.2, 0) is 16.6 Å². The Kier molecular flexibility index (Phi) is 6.93. The van der Waals surface area contributed by atoms with E-state index in [0.29, 0.717) is 22.9 Å². The molecule has 3 aromatic heterocycles. The lowest BCUT2D eigenvalue weighted by atomic mass is 10.3. The first kappa shape index (κ1) is 23.1. The standard InChI is InChI=1S/C23H23N7O3S/c1-16-22(23(33)30(28(16)2)18-6-4-3-5-7-18)27-21(32)14-34-13-20(31)26-17-8-9-19(25-12-17)29-11-10-24-15-29/h3-12,15H,13-14H2,1-2H3,(H,26,31)(H,27,32). The largest absolute Gasteiger partial charge is 0.324 e. The van der Waals surface area contributed by atoms with E-state index in [1.54, 1.807) is 60.3 Å². The van der Waals surface area contributed by atoms with Gasteiger partial charge in [-0.15, -0.1) is 11.8 Å². The molecule has 0 aliphatic rings. The summed E-state index contributed by atoms with van der Waals surface area (Å²) in [6.07, 6.45) is 6.62. The Hall–Kier alpha value is -4.12. The summed E-state index contributed by atoms with van der Waals surface area (Å²) in [5.74, 6) is 0.194. The number of imidazole rings is 1. The zero-order valence-electron chi connectivity index (χ0n) is 18.6. The molecule has 0 bridgehead atoms. The molecule has 0 aliphatic carbocycles. The van der Waals surface area contributed by atoms with Gasteiger partial charge in [-0.25, -0.2) is 14.6 Å². The number of hydrogen-bond donors (Lipinski definition) is 2. The number of amides is 2. The molecule has 4 rings (SSSR count). The second-order valence-electron chi connectivity index (χ2n) is 7.40. The molecule has 11 heteroatoms. The minimum atomic E-state index is -0.352. The fraction of sp³-hybridized carbons (Fsp3) is 0.174. The second-order valence-corrected chi connectivity index (χ2v) is 8.39. The highest BCUT2D eigenvalue weighted by Crippen LogP contribution is 2.15. The Bertz CT molecular complexity index is 1340. The molecule has 0 saturated carbocycles. The van der Waals surface area contributed by atoms with Crippen molar-refractivity contribution in [2.75, 3.05) is 22.1 Å². The predicted molar refractivity (Wildman–Crippen MR) is 132 cm³/mol. The molecule has 0 saturated heterocycles. The van der Waals surface area contributed by atoms with Crippen LogP contribution in [0.5, 0.6) is 0 Å². The Morgan fingerprint density at radius 1 is 1.03 bits per heavy atom. The van der Waals surface area contributed by atoms with Crippen LogP contribution in [0.1, 0.15) is 5.69 Å². The van der Waals surface area contributed by atoms with E-state index in [2.05, 4.69) is 20.6 Å². The van der Waals surface area contributed by atoms with Gasteiger partial charge in [0, 0.05) is 19.4 Å². The van der Waals surface area contributed by atoms with E-state index >= 15 is 0 Å². The summed E-state index contributed by atoms with van der Waals surface area (Å²) in [6.45, 7) is 1.77. The molecule has 3 heterocycles. The number of nitrogens with one attached hydrogen (secondary N) is 2. The van der Waals surface area contributed by atoms with Gasteiger partial charge in [-0.1, -0.05) is 18.2 Å². The van der Waals surface area contributed by atoms with Crippen molar-refractivity contribution >= 4 is 35.0 Å². The molecular formula is C23H23N7O3S. The molecule has 2 amide bonds. The SMILES string of the molecule is Cc1c(NC(=O)CSCC(=O)Nc2ccc(-n3ccnc3)nc2)c(=O)n(-c2ccccc2)n1C. The van der Waals surface area contributed by atoms with Gasteiger partial charge < -0.3 is 10.6 Å². The summed E-state index contributed by atoms with van der Waals surface area (Å²) in [4.78, 5) is 45.8. The normalized spacial score (nSPS) is 10.8. The Labute approximate surface area is 199 Å². The van der Waals surface area contributed by atoms with Crippen LogP contribution in [0.4, 0.5) is 11.4 Å². The summed E-state index contributed by atoms with van der Waals surface area (Å²) >= 11 is 1.16. The van der Waals surface area contributed by atoms with Gasteiger partial charge in [0.25, 0.3) is 5.56 Å². The number of para-hydroxylation sites is 1. The van der Waals surface area contributed by atoms with Crippen LogP contribution in [-0.4, -0.2) is 47.2 Å². The first-order valence-electron chi connectivity index (χ1n) is 10.4. The number of aromatic nitrogens is 5. The summed E-state index contributed by atoms with van der Waals surface area (Å²) in [5.41, 5.74) is 1.81. The zero-order valence-corrected chi connectivity index (χ0v) is 19.5. The number of nitrogens with zero attached hydrogens (tertiary/aromatic N) is 5. The van der Waals surface area contributed by atoms with Crippen LogP contribution in [0.25, 0.3) is 11.5 Å². The third-order valence-electron chi connectivity index (χ3n) is 5.09. The molecule has 0 aliphatic heterocycles. The van der Waals surface area contributed by atoms with E-state index in [1.165, 1.54) is 4.68 Å². The highest BCUT2D eigenvalue weighted by molar-refractivity contribution is 8.00.